The van der Waals surface area contributed by atoms with Crippen LogP contribution in [0.25, 0.3) is 11.0 Å². The number of anilines is 1. The molecule has 4 N–H and O–H groups in total. The van der Waals surface area contributed by atoms with Gasteiger partial charge >= 0.3 is 11.6 Å². The second-order valence-electron chi connectivity index (χ2n) is 5.41. The molecule has 1 aromatic heterocycles. The molecule has 7 heteroatoms. The fourth-order valence-electron chi connectivity index (χ4n) is 2.38. The van der Waals surface area contributed by atoms with Crippen molar-refractivity contribution in [2.24, 2.45) is 5.73 Å². The zero-order valence-corrected chi connectivity index (χ0v) is 13.3. The topological polar surface area (TPSA) is 118 Å². The average molecular weight is 337 g/mol. The molecule has 0 atom stereocenters. The van der Waals surface area contributed by atoms with Crippen molar-refractivity contribution in [3.63, 3.8) is 0 Å². The number of nitrogens with two attached hydrogens (primary N) is 1. The van der Waals surface area contributed by atoms with Crippen molar-refractivity contribution in [1.29, 1.82) is 5.41 Å². The number of carbonyl (C=O) groups excluding carboxylic acids is 1. The Morgan fingerprint density at radius 1 is 1.16 bits per heavy atom. The number of aryl methyl sites for hydroxylation is 1. The molecule has 0 radical (unpaired) electrons. The van der Waals surface area contributed by atoms with Crippen molar-refractivity contribution < 1.29 is 13.9 Å². The van der Waals surface area contributed by atoms with Crippen LogP contribution in [0.5, 0.6) is 5.75 Å². The van der Waals surface area contributed by atoms with Gasteiger partial charge in [-0.05, 0) is 48.9 Å². The number of hydrogen-bond acceptors (Lipinski definition) is 5. The fraction of sp³-hybridized carbons (Fsp3) is 0.0556. The van der Waals surface area contributed by atoms with Crippen LogP contribution in [0.15, 0.2) is 57.7 Å². The van der Waals surface area contributed by atoms with E-state index in [1.807, 2.05) is 6.92 Å². The quantitative estimate of drug-likeness (QED) is 0.222. The van der Waals surface area contributed by atoms with Crippen LogP contribution in [0.2, 0.25) is 0 Å². The van der Waals surface area contributed by atoms with E-state index in [1.165, 1.54) is 12.1 Å². The minimum absolute atomic E-state index is 0.191. The van der Waals surface area contributed by atoms with Crippen molar-refractivity contribution in [3.8, 4) is 5.75 Å². The van der Waals surface area contributed by atoms with Crippen LogP contribution in [-0.4, -0.2) is 11.9 Å². The Kier molecular flexibility index (Phi) is 4.21. The van der Waals surface area contributed by atoms with Crippen LogP contribution in [0.3, 0.4) is 0 Å². The van der Waals surface area contributed by atoms with Crippen LogP contribution in [0.4, 0.5) is 5.69 Å². The number of guanidine groups is 1. The zero-order valence-electron chi connectivity index (χ0n) is 13.3. The number of nitrogens with one attached hydrogen (secondary N) is 2. The predicted molar refractivity (Wildman–Crippen MR) is 94.2 cm³/mol. The summed E-state index contributed by atoms with van der Waals surface area (Å²) in [5.41, 5.74) is 6.85. The van der Waals surface area contributed by atoms with Gasteiger partial charge in [0.1, 0.15) is 11.3 Å². The highest BCUT2D eigenvalue weighted by molar-refractivity contribution is 5.94. The highest BCUT2D eigenvalue weighted by Gasteiger charge is 2.10. The Morgan fingerprint density at radius 2 is 1.88 bits per heavy atom. The molecule has 0 fully saturated rings. The highest BCUT2D eigenvalue weighted by atomic mass is 16.5. The Balaban J connectivity index is 1.82. The first-order chi connectivity index (χ1) is 11.9. The van der Waals surface area contributed by atoms with E-state index in [2.05, 4.69) is 5.32 Å². The SMILES string of the molecule is Cc1cc(=O)oc2cc(OC(=O)c3ccc(NC(=N)N)cc3)ccc12. The van der Waals surface area contributed by atoms with Crippen LogP contribution in [0, 0.1) is 12.3 Å². The largest absolute Gasteiger partial charge is 0.423 e. The standard InChI is InChI=1S/C18H15N3O4/c1-10-8-16(22)25-15-9-13(6-7-14(10)15)24-17(23)11-2-4-12(5-3-11)21-18(19)20/h2-9H,1H3,(H4,19,20,21). The summed E-state index contributed by atoms with van der Waals surface area (Å²) in [5.74, 6) is -0.468. The number of ether oxygens (including phenoxy) is 1. The van der Waals surface area contributed by atoms with Crippen LogP contribution < -0.4 is 21.4 Å². The van der Waals surface area contributed by atoms with E-state index in [0.29, 0.717) is 16.8 Å². The summed E-state index contributed by atoms with van der Waals surface area (Å²) in [4.78, 5) is 23.7. The van der Waals surface area contributed by atoms with E-state index in [1.54, 1.807) is 36.4 Å². The van der Waals surface area contributed by atoms with Crippen molar-refractivity contribution >= 4 is 28.6 Å². The Labute approximate surface area is 142 Å². The summed E-state index contributed by atoms with van der Waals surface area (Å²) >= 11 is 0. The maximum absolute atomic E-state index is 12.2. The van der Waals surface area contributed by atoms with Crippen molar-refractivity contribution in [2.75, 3.05) is 5.32 Å². The molecule has 2 aromatic carbocycles. The number of fused-ring (bicyclic) bond motifs is 1. The lowest BCUT2D eigenvalue weighted by Crippen LogP contribution is -2.20. The molecule has 0 saturated heterocycles. The molecule has 126 valence electrons. The molecule has 7 nitrogen and oxygen atoms in total. The lowest BCUT2D eigenvalue weighted by molar-refractivity contribution is 0.0735. The molecule has 0 saturated carbocycles. The molecular weight excluding hydrogens is 322 g/mol. The molecule has 3 rings (SSSR count). The van der Waals surface area contributed by atoms with Gasteiger partial charge in [0, 0.05) is 23.2 Å². The van der Waals surface area contributed by atoms with Gasteiger partial charge in [-0.1, -0.05) is 0 Å². The molecular formula is C18H15N3O4. The summed E-state index contributed by atoms with van der Waals surface area (Å²) < 4.78 is 10.5. The minimum Gasteiger partial charge on any atom is -0.423 e. The second-order valence-corrected chi connectivity index (χ2v) is 5.41. The van der Waals surface area contributed by atoms with Gasteiger partial charge in [0.15, 0.2) is 5.96 Å². The average Bonchev–Trinajstić information content (AvgIpc) is 2.54. The number of esters is 1. The predicted octanol–water partition coefficient (Wildman–Crippen LogP) is 2.63. The fourth-order valence-corrected chi connectivity index (χ4v) is 2.38. The zero-order chi connectivity index (χ0) is 18.0. The van der Waals surface area contributed by atoms with Crippen molar-refractivity contribution in [3.05, 3.63) is 70.1 Å². The Hall–Kier alpha value is -3.61. The van der Waals surface area contributed by atoms with Crippen LogP contribution in [0.1, 0.15) is 15.9 Å². The van der Waals surface area contributed by atoms with E-state index >= 15 is 0 Å². The summed E-state index contributed by atoms with van der Waals surface area (Å²) in [6, 6.07) is 12.6. The minimum atomic E-state index is -0.552. The van der Waals surface area contributed by atoms with E-state index in [-0.39, 0.29) is 11.7 Å². The molecule has 0 spiro atoms. The summed E-state index contributed by atoms with van der Waals surface area (Å²) in [5, 5.41) is 10.6. The number of benzene rings is 2. The van der Waals surface area contributed by atoms with Gasteiger partial charge in [0.2, 0.25) is 0 Å². The summed E-state index contributed by atoms with van der Waals surface area (Å²) in [7, 11) is 0. The maximum Gasteiger partial charge on any atom is 0.343 e. The molecule has 0 aliphatic heterocycles. The first-order valence-electron chi connectivity index (χ1n) is 7.40. The Bertz CT molecular complexity index is 1020. The lowest BCUT2D eigenvalue weighted by atomic mass is 10.1. The van der Waals surface area contributed by atoms with Crippen molar-refractivity contribution in [1.82, 2.24) is 0 Å². The van der Waals surface area contributed by atoms with E-state index < -0.39 is 11.6 Å². The second kappa shape index (κ2) is 6.48. The van der Waals surface area contributed by atoms with Gasteiger partial charge in [0.05, 0.1) is 5.56 Å². The lowest BCUT2D eigenvalue weighted by Gasteiger charge is -2.07. The van der Waals surface area contributed by atoms with Crippen LogP contribution >= 0.6 is 0 Å². The van der Waals surface area contributed by atoms with E-state index in [0.717, 1.165) is 10.9 Å². The monoisotopic (exact) mass is 337 g/mol. The molecule has 0 bridgehead atoms. The highest BCUT2D eigenvalue weighted by Crippen LogP contribution is 2.23. The van der Waals surface area contributed by atoms with E-state index in [4.69, 9.17) is 20.3 Å². The molecule has 3 aromatic rings. The molecule has 25 heavy (non-hydrogen) atoms. The van der Waals surface area contributed by atoms with Gasteiger partial charge in [-0.15, -0.1) is 0 Å². The molecule has 0 aliphatic rings. The van der Waals surface area contributed by atoms with Crippen molar-refractivity contribution in [2.45, 2.75) is 6.92 Å². The number of rotatable bonds is 3. The van der Waals surface area contributed by atoms with Gasteiger partial charge in [-0.3, -0.25) is 5.41 Å². The number of carbonyl (C=O) groups is 1. The number of hydrogen-bond donors (Lipinski definition) is 3. The maximum atomic E-state index is 12.2. The normalized spacial score (nSPS) is 10.4. The van der Waals surface area contributed by atoms with E-state index in [9.17, 15) is 9.59 Å². The smallest absolute Gasteiger partial charge is 0.343 e. The third-order valence-electron chi connectivity index (χ3n) is 3.53. The summed E-state index contributed by atoms with van der Waals surface area (Å²) in [6.45, 7) is 1.81. The first kappa shape index (κ1) is 16.3. The molecule has 0 amide bonds. The molecule has 1 heterocycles. The summed E-state index contributed by atoms with van der Waals surface area (Å²) in [6.07, 6.45) is 0. The third-order valence-corrected chi connectivity index (χ3v) is 3.53. The first-order valence-corrected chi connectivity index (χ1v) is 7.40. The molecule has 0 unspecified atom stereocenters. The van der Waals surface area contributed by atoms with Gasteiger partial charge in [-0.25, -0.2) is 9.59 Å². The molecule has 0 aliphatic carbocycles. The van der Waals surface area contributed by atoms with Gasteiger partial charge in [-0.2, -0.15) is 0 Å². The van der Waals surface area contributed by atoms with Gasteiger partial charge < -0.3 is 20.2 Å². The Morgan fingerprint density at radius 3 is 2.56 bits per heavy atom. The third kappa shape index (κ3) is 3.66. The van der Waals surface area contributed by atoms with Gasteiger partial charge in [0.25, 0.3) is 0 Å². The van der Waals surface area contributed by atoms with Crippen LogP contribution in [-0.2, 0) is 0 Å².